The Hall–Kier alpha value is -2.01. The Morgan fingerprint density at radius 1 is 0.947 bits per heavy atom. The van der Waals surface area contributed by atoms with Crippen molar-refractivity contribution >= 4 is 23.2 Å². The third-order valence-electron chi connectivity index (χ3n) is 2.39. The van der Waals surface area contributed by atoms with Crippen LogP contribution in [-0.4, -0.2) is 5.91 Å². The molecule has 6 heteroatoms. The van der Waals surface area contributed by atoms with E-state index in [1.165, 1.54) is 24.3 Å². The van der Waals surface area contributed by atoms with Crippen LogP contribution in [0.4, 0.5) is 18.9 Å². The van der Waals surface area contributed by atoms with Gasteiger partial charge in [0.15, 0.2) is 17.5 Å². The molecule has 0 aromatic heterocycles. The minimum absolute atomic E-state index is 0.216. The zero-order valence-electron chi connectivity index (χ0n) is 9.38. The second-order valence-corrected chi connectivity index (χ2v) is 4.12. The van der Waals surface area contributed by atoms with Crippen LogP contribution in [-0.2, 0) is 0 Å². The number of benzene rings is 2. The molecule has 0 heterocycles. The van der Waals surface area contributed by atoms with Gasteiger partial charge in [0.2, 0.25) is 0 Å². The van der Waals surface area contributed by atoms with E-state index in [2.05, 4.69) is 5.32 Å². The van der Waals surface area contributed by atoms with Gasteiger partial charge in [0.1, 0.15) is 0 Å². The molecule has 0 fully saturated rings. The fourth-order valence-corrected chi connectivity index (χ4v) is 1.54. The summed E-state index contributed by atoms with van der Waals surface area (Å²) in [6.07, 6.45) is 0. The summed E-state index contributed by atoms with van der Waals surface area (Å²) in [5.41, 5.74) is -0.215. The van der Waals surface area contributed by atoms with E-state index >= 15 is 0 Å². The van der Waals surface area contributed by atoms with E-state index in [1.54, 1.807) is 0 Å². The van der Waals surface area contributed by atoms with E-state index in [1.807, 2.05) is 0 Å². The largest absolute Gasteiger partial charge is 0.319 e. The van der Waals surface area contributed by atoms with Crippen molar-refractivity contribution in [3.63, 3.8) is 0 Å². The van der Waals surface area contributed by atoms with Crippen molar-refractivity contribution in [1.29, 1.82) is 0 Å². The lowest BCUT2D eigenvalue weighted by Crippen LogP contribution is -2.13. The Labute approximate surface area is 111 Å². The minimum Gasteiger partial charge on any atom is -0.319 e. The average Bonchev–Trinajstić information content (AvgIpc) is 2.40. The van der Waals surface area contributed by atoms with Gasteiger partial charge in [-0.15, -0.1) is 0 Å². The number of amides is 1. The van der Waals surface area contributed by atoms with Crippen LogP contribution in [0.5, 0.6) is 0 Å². The summed E-state index contributed by atoms with van der Waals surface area (Å²) >= 11 is 5.66. The van der Waals surface area contributed by atoms with Gasteiger partial charge in [0.05, 0.1) is 5.69 Å². The highest BCUT2D eigenvalue weighted by Gasteiger charge is 2.15. The van der Waals surface area contributed by atoms with Gasteiger partial charge in [-0.25, -0.2) is 13.2 Å². The van der Waals surface area contributed by atoms with E-state index in [0.29, 0.717) is 5.02 Å². The van der Waals surface area contributed by atoms with Crippen molar-refractivity contribution in [3.05, 3.63) is 64.4 Å². The molecule has 98 valence electrons. The highest BCUT2D eigenvalue weighted by molar-refractivity contribution is 6.30. The molecule has 2 aromatic carbocycles. The van der Waals surface area contributed by atoms with Crippen LogP contribution in [0, 0.1) is 17.5 Å². The molecule has 0 atom stereocenters. The monoisotopic (exact) mass is 285 g/mol. The first-order chi connectivity index (χ1) is 8.99. The number of carbonyl (C=O) groups excluding carboxylic acids is 1. The maximum atomic E-state index is 13.4. The Morgan fingerprint density at radius 3 is 2.21 bits per heavy atom. The molecule has 0 aliphatic carbocycles. The molecule has 1 amide bonds. The van der Waals surface area contributed by atoms with Crippen LogP contribution in [0.15, 0.2) is 36.4 Å². The number of carbonyl (C=O) groups is 1. The molecule has 0 saturated heterocycles. The number of hydrogen-bond acceptors (Lipinski definition) is 1. The van der Waals surface area contributed by atoms with Gasteiger partial charge in [-0.1, -0.05) is 11.6 Å². The molecule has 0 radical (unpaired) electrons. The van der Waals surface area contributed by atoms with Crippen molar-refractivity contribution in [3.8, 4) is 0 Å². The van der Waals surface area contributed by atoms with Gasteiger partial charge in [0, 0.05) is 10.6 Å². The Kier molecular flexibility index (Phi) is 3.76. The molecule has 0 saturated carbocycles. The number of halogens is 4. The molecule has 2 aromatic rings. The third kappa shape index (κ3) is 2.88. The van der Waals surface area contributed by atoms with Gasteiger partial charge in [0.25, 0.3) is 5.91 Å². The molecule has 0 aliphatic heterocycles. The molecular formula is C13H7ClF3NO. The summed E-state index contributed by atoms with van der Waals surface area (Å²) in [6, 6.07) is 7.50. The quantitative estimate of drug-likeness (QED) is 0.830. The fourth-order valence-electron chi connectivity index (χ4n) is 1.42. The maximum Gasteiger partial charge on any atom is 0.255 e. The van der Waals surface area contributed by atoms with E-state index in [-0.39, 0.29) is 5.56 Å². The number of anilines is 1. The Balaban J connectivity index is 2.24. The highest BCUT2D eigenvalue weighted by Crippen LogP contribution is 2.20. The van der Waals surface area contributed by atoms with Crippen LogP contribution in [0.25, 0.3) is 0 Å². The Morgan fingerprint density at radius 2 is 1.58 bits per heavy atom. The molecule has 0 bridgehead atoms. The average molecular weight is 286 g/mol. The smallest absolute Gasteiger partial charge is 0.255 e. The fraction of sp³-hybridized carbons (Fsp3) is 0. The third-order valence-corrected chi connectivity index (χ3v) is 2.64. The predicted molar refractivity (Wildman–Crippen MR) is 65.7 cm³/mol. The topological polar surface area (TPSA) is 29.1 Å². The number of rotatable bonds is 2. The van der Waals surface area contributed by atoms with Crippen LogP contribution in [0.2, 0.25) is 5.02 Å². The lowest BCUT2D eigenvalue weighted by molar-refractivity contribution is 0.102. The lowest BCUT2D eigenvalue weighted by Gasteiger charge is -2.07. The summed E-state index contributed by atoms with van der Waals surface area (Å²) in [5.74, 6) is -5.04. The van der Waals surface area contributed by atoms with E-state index < -0.39 is 29.0 Å². The van der Waals surface area contributed by atoms with Gasteiger partial charge < -0.3 is 5.32 Å². The van der Waals surface area contributed by atoms with Crippen LogP contribution in [0.3, 0.4) is 0 Å². The van der Waals surface area contributed by atoms with Crippen molar-refractivity contribution in [2.24, 2.45) is 0 Å². The molecule has 2 nitrogen and oxygen atoms in total. The summed E-state index contributed by atoms with van der Waals surface area (Å²) in [4.78, 5) is 11.7. The summed E-state index contributed by atoms with van der Waals surface area (Å²) in [5, 5.41) is 2.59. The van der Waals surface area contributed by atoms with Crippen LogP contribution >= 0.6 is 11.6 Å². The number of hydrogen-bond donors (Lipinski definition) is 1. The molecule has 19 heavy (non-hydrogen) atoms. The van der Waals surface area contributed by atoms with E-state index in [4.69, 9.17) is 11.6 Å². The second kappa shape index (κ2) is 5.32. The van der Waals surface area contributed by atoms with Gasteiger partial charge >= 0.3 is 0 Å². The molecular weight excluding hydrogens is 279 g/mol. The normalized spacial score (nSPS) is 10.3. The molecule has 0 spiro atoms. The highest BCUT2D eigenvalue weighted by atomic mass is 35.5. The number of nitrogens with one attached hydrogen (secondary N) is 1. The first-order valence-electron chi connectivity index (χ1n) is 5.19. The standard InChI is InChI=1S/C13H7ClF3NO/c14-8-3-1-7(2-4-8)13(19)18-10-6-5-9(15)11(16)12(10)17/h1-6H,(H,18,19). The van der Waals surface area contributed by atoms with E-state index in [9.17, 15) is 18.0 Å². The SMILES string of the molecule is O=C(Nc1ccc(F)c(F)c1F)c1ccc(Cl)cc1. The lowest BCUT2D eigenvalue weighted by atomic mass is 10.2. The molecule has 0 aliphatic rings. The zero-order valence-corrected chi connectivity index (χ0v) is 10.1. The van der Waals surface area contributed by atoms with E-state index in [0.717, 1.165) is 12.1 Å². The van der Waals surface area contributed by atoms with Crippen molar-refractivity contribution in [2.45, 2.75) is 0 Å². The molecule has 2 rings (SSSR count). The zero-order chi connectivity index (χ0) is 14.0. The minimum atomic E-state index is -1.63. The first-order valence-corrected chi connectivity index (χ1v) is 5.57. The summed E-state index contributed by atoms with van der Waals surface area (Å²) < 4.78 is 39.1. The summed E-state index contributed by atoms with van der Waals surface area (Å²) in [7, 11) is 0. The van der Waals surface area contributed by atoms with Crippen molar-refractivity contribution in [1.82, 2.24) is 0 Å². The van der Waals surface area contributed by atoms with Crippen molar-refractivity contribution in [2.75, 3.05) is 5.32 Å². The summed E-state index contributed by atoms with van der Waals surface area (Å²) in [6.45, 7) is 0. The predicted octanol–water partition coefficient (Wildman–Crippen LogP) is 4.01. The van der Waals surface area contributed by atoms with Gasteiger partial charge in [-0.3, -0.25) is 4.79 Å². The maximum absolute atomic E-state index is 13.4. The van der Waals surface area contributed by atoms with Gasteiger partial charge in [-0.05, 0) is 36.4 Å². The van der Waals surface area contributed by atoms with Gasteiger partial charge in [-0.2, -0.15) is 0 Å². The first kappa shape index (κ1) is 13.4. The molecule has 1 N–H and O–H groups in total. The molecule has 0 unspecified atom stereocenters. The van der Waals surface area contributed by atoms with Crippen LogP contribution in [0.1, 0.15) is 10.4 Å². The Bertz CT molecular complexity index is 629. The van der Waals surface area contributed by atoms with Crippen molar-refractivity contribution < 1.29 is 18.0 Å². The van der Waals surface area contributed by atoms with Crippen LogP contribution < -0.4 is 5.32 Å². The second-order valence-electron chi connectivity index (χ2n) is 3.68.